The summed E-state index contributed by atoms with van der Waals surface area (Å²) >= 11 is 5.50. The topological polar surface area (TPSA) is 54.9 Å². The number of hydrogen-bond acceptors (Lipinski definition) is 3. The maximum Gasteiger partial charge on any atom is 0.212 e. The van der Waals surface area contributed by atoms with Crippen LogP contribution >= 0.6 is 11.6 Å². The first kappa shape index (κ1) is 14.1. The number of aryl methyl sites for hydroxylation is 2. The van der Waals surface area contributed by atoms with Gasteiger partial charge in [0.1, 0.15) is 11.0 Å². The van der Waals surface area contributed by atoms with E-state index < -0.39 is 0 Å². The Labute approximate surface area is 111 Å². The SMILES string of the molecule is Cc1ccc(Cl)nc1.Cc1ccc(NC=O)nc1. The van der Waals surface area contributed by atoms with Crippen LogP contribution in [-0.4, -0.2) is 16.4 Å². The van der Waals surface area contributed by atoms with Crippen LogP contribution in [-0.2, 0) is 4.79 Å². The number of nitrogens with zero attached hydrogens (tertiary/aromatic N) is 2. The van der Waals surface area contributed by atoms with Gasteiger partial charge in [-0.3, -0.25) is 4.79 Å². The number of rotatable bonds is 2. The predicted molar refractivity (Wildman–Crippen MR) is 72.6 cm³/mol. The quantitative estimate of drug-likeness (QED) is 0.669. The van der Waals surface area contributed by atoms with Crippen LogP contribution in [0, 0.1) is 13.8 Å². The van der Waals surface area contributed by atoms with Crippen LogP contribution in [0.2, 0.25) is 5.15 Å². The zero-order valence-electron chi connectivity index (χ0n) is 10.2. The molecule has 0 aliphatic rings. The van der Waals surface area contributed by atoms with Gasteiger partial charge < -0.3 is 5.32 Å². The summed E-state index contributed by atoms with van der Waals surface area (Å²) in [6.45, 7) is 3.92. The maximum absolute atomic E-state index is 9.91. The van der Waals surface area contributed by atoms with Crippen LogP contribution in [0.25, 0.3) is 0 Å². The van der Waals surface area contributed by atoms with E-state index >= 15 is 0 Å². The molecule has 0 aromatic carbocycles. The largest absolute Gasteiger partial charge is 0.313 e. The highest BCUT2D eigenvalue weighted by Gasteiger charge is 1.88. The van der Waals surface area contributed by atoms with E-state index in [4.69, 9.17) is 11.6 Å². The molecule has 2 aromatic rings. The van der Waals surface area contributed by atoms with E-state index in [1.807, 2.05) is 26.0 Å². The van der Waals surface area contributed by atoms with Crippen molar-refractivity contribution in [2.24, 2.45) is 0 Å². The number of hydrogen-bond donors (Lipinski definition) is 1. The molecule has 0 unspecified atom stereocenters. The molecule has 0 atom stereocenters. The summed E-state index contributed by atoms with van der Waals surface area (Å²) < 4.78 is 0. The summed E-state index contributed by atoms with van der Waals surface area (Å²) in [5.74, 6) is 0.584. The fourth-order valence-electron chi connectivity index (χ4n) is 1.06. The Morgan fingerprint density at radius 3 is 2.06 bits per heavy atom. The average Bonchev–Trinajstić information content (AvgIpc) is 2.37. The van der Waals surface area contributed by atoms with Gasteiger partial charge in [-0.2, -0.15) is 0 Å². The van der Waals surface area contributed by atoms with E-state index in [1.54, 1.807) is 24.5 Å². The molecule has 2 aromatic heterocycles. The average molecular weight is 264 g/mol. The Hall–Kier alpha value is -1.94. The second-order valence-corrected chi connectivity index (χ2v) is 4.03. The Morgan fingerprint density at radius 1 is 1.06 bits per heavy atom. The molecule has 18 heavy (non-hydrogen) atoms. The molecule has 1 N–H and O–H groups in total. The van der Waals surface area contributed by atoms with Crippen molar-refractivity contribution >= 4 is 23.8 Å². The summed E-state index contributed by atoms with van der Waals surface area (Å²) in [6, 6.07) is 7.34. The minimum Gasteiger partial charge on any atom is -0.313 e. The van der Waals surface area contributed by atoms with Crippen LogP contribution in [0.15, 0.2) is 36.7 Å². The highest BCUT2D eigenvalue weighted by atomic mass is 35.5. The van der Waals surface area contributed by atoms with Crippen molar-refractivity contribution in [3.8, 4) is 0 Å². The maximum atomic E-state index is 9.91. The molecule has 0 spiro atoms. The first-order valence-electron chi connectivity index (χ1n) is 5.33. The van der Waals surface area contributed by atoms with Crippen molar-refractivity contribution in [1.29, 1.82) is 0 Å². The van der Waals surface area contributed by atoms with Gasteiger partial charge in [-0.05, 0) is 37.1 Å². The third-order valence-corrected chi connectivity index (χ3v) is 2.22. The standard InChI is InChI=1S/C7H8N2O.C6H6ClN/c1-6-2-3-7(8-4-6)9-5-10;1-5-2-3-6(7)8-4-5/h2-5H,1H3,(H,8,9,10);2-4H,1H3. The van der Waals surface area contributed by atoms with Gasteiger partial charge in [0.25, 0.3) is 0 Å². The van der Waals surface area contributed by atoms with E-state index in [-0.39, 0.29) is 0 Å². The van der Waals surface area contributed by atoms with E-state index in [0.29, 0.717) is 17.4 Å². The molecular weight excluding hydrogens is 250 g/mol. The number of amides is 1. The normalized spacial score (nSPS) is 9.06. The molecule has 1 amide bonds. The van der Waals surface area contributed by atoms with Crippen LogP contribution in [0.3, 0.4) is 0 Å². The number of anilines is 1. The molecule has 0 saturated heterocycles. The lowest BCUT2D eigenvalue weighted by Gasteiger charge is -1.95. The fraction of sp³-hybridized carbons (Fsp3) is 0.154. The van der Waals surface area contributed by atoms with E-state index in [2.05, 4.69) is 15.3 Å². The number of halogens is 1. The van der Waals surface area contributed by atoms with Crippen LogP contribution in [0.1, 0.15) is 11.1 Å². The number of nitrogens with one attached hydrogen (secondary N) is 1. The Bertz CT molecular complexity index is 462. The van der Waals surface area contributed by atoms with Gasteiger partial charge in [0.05, 0.1) is 0 Å². The third kappa shape index (κ3) is 5.41. The van der Waals surface area contributed by atoms with E-state index in [1.165, 1.54) is 0 Å². The highest BCUT2D eigenvalue weighted by Crippen LogP contribution is 2.02. The molecule has 0 fully saturated rings. The fourth-order valence-corrected chi connectivity index (χ4v) is 1.18. The van der Waals surface area contributed by atoms with Gasteiger partial charge >= 0.3 is 0 Å². The van der Waals surface area contributed by atoms with Gasteiger partial charge in [-0.15, -0.1) is 0 Å². The van der Waals surface area contributed by atoms with Crippen molar-refractivity contribution in [2.45, 2.75) is 13.8 Å². The number of carbonyl (C=O) groups excluding carboxylic acids is 1. The molecular formula is C13H14ClN3O. The molecule has 0 aliphatic carbocycles. The van der Waals surface area contributed by atoms with Gasteiger partial charge in [-0.25, -0.2) is 9.97 Å². The van der Waals surface area contributed by atoms with E-state index in [0.717, 1.165) is 11.1 Å². The lowest BCUT2D eigenvalue weighted by atomic mass is 10.3. The van der Waals surface area contributed by atoms with E-state index in [9.17, 15) is 4.79 Å². The zero-order valence-corrected chi connectivity index (χ0v) is 11.0. The smallest absolute Gasteiger partial charge is 0.212 e. The van der Waals surface area contributed by atoms with Crippen molar-refractivity contribution in [3.63, 3.8) is 0 Å². The molecule has 2 heterocycles. The van der Waals surface area contributed by atoms with Crippen molar-refractivity contribution < 1.29 is 4.79 Å². The molecule has 0 bridgehead atoms. The lowest BCUT2D eigenvalue weighted by molar-refractivity contribution is -0.105. The van der Waals surface area contributed by atoms with Crippen molar-refractivity contribution in [1.82, 2.24) is 9.97 Å². The minimum absolute atomic E-state index is 0.551. The second kappa shape index (κ2) is 7.40. The summed E-state index contributed by atoms with van der Waals surface area (Å²) in [7, 11) is 0. The van der Waals surface area contributed by atoms with Gasteiger partial charge in [0.2, 0.25) is 6.41 Å². The summed E-state index contributed by atoms with van der Waals surface area (Å²) in [5.41, 5.74) is 2.21. The molecule has 4 nitrogen and oxygen atoms in total. The third-order valence-electron chi connectivity index (χ3n) is 1.99. The van der Waals surface area contributed by atoms with Gasteiger partial charge in [0.15, 0.2) is 0 Å². The monoisotopic (exact) mass is 263 g/mol. The van der Waals surface area contributed by atoms with Gasteiger partial charge in [-0.1, -0.05) is 23.7 Å². The molecule has 94 valence electrons. The Kier molecular flexibility index (Phi) is 5.80. The van der Waals surface area contributed by atoms with Crippen molar-refractivity contribution in [3.05, 3.63) is 52.9 Å². The van der Waals surface area contributed by atoms with Gasteiger partial charge in [0, 0.05) is 12.4 Å². The summed E-state index contributed by atoms with van der Waals surface area (Å²) in [4.78, 5) is 17.7. The Balaban J connectivity index is 0.000000184. The first-order chi connectivity index (χ1) is 8.61. The van der Waals surface area contributed by atoms with Crippen molar-refractivity contribution in [2.75, 3.05) is 5.32 Å². The summed E-state index contributed by atoms with van der Waals surface area (Å²) in [6.07, 6.45) is 4.05. The predicted octanol–water partition coefficient (Wildman–Crippen LogP) is 3.00. The second-order valence-electron chi connectivity index (χ2n) is 3.64. The molecule has 0 radical (unpaired) electrons. The van der Waals surface area contributed by atoms with Crippen LogP contribution in [0.5, 0.6) is 0 Å². The summed E-state index contributed by atoms with van der Waals surface area (Å²) in [5, 5.41) is 2.99. The Morgan fingerprint density at radius 2 is 1.67 bits per heavy atom. The van der Waals surface area contributed by atoms with Crippen LogP contribution in [0.4, 0.5) is 5.82 Å². The van der Waals surface area contributed by atoms with Crippen LogP contribution < -0.4 is 5.32 Å². The first-order valence-corrected chi connectivity index (χ1v) is 5.70. The molecule has 0 aliphatic heterocycles. The highest BCUT2D eigenvalue weighted by molar-refractivity contribution is 6.29. The zero-order chi connectivity index (χ0) is 13.4. The number of aromatic nitrogens is 2. The minimum atomic E-state index is 0.551. The lowest BCUT2D eigenvalue weighted by Crippen LogP contribution is -1.95. The molecule has 2 rings (SSSR count). The number of pyridine rings is 2. The molecule has 0 saturated carbocycles. The number of carbonyl (C=O) groups is 1. The molecule has 5 heteroatoms.